The van der Waals surface area contributed by atoms with Crippen molar-refractivity contribution in [2.75, 3.05) is 6.54 Å². The van der Waals surface area contributed by atoms with E-state index in [0.717, 1.165) is 11.3 Å². The molecule has 1 aromatic heterocycles. The zero-order chi connectivity index (χ0) is 13.7. The van der Waals surface area contributed by atoms with Gasteiger partial charge in [0.15, 0.2) is 0 Å². The van der Waals surface area contributed by atoms with Crippen molar-refractivity contribution < 1.29 is 9.90 Å². The Morgan fingerprint density at radius 1 is 1.42 bits per heavy atom. The number of aromatic nitrogens is 3. The van der Waals surface area contributed by atoms with Gasteiger partial charge in [-0.05, 0) is 6.92 Å². The Bertz CT molecular complexity index is 537. The molecule has 19 heavy (non-hydrogen) atoms. The second kappa shape index (κ2) is 6.10. The van der Waals surface area contributed by atoms with Gasteiger partial charge in [-0.3, -0.25) is 4.79 Å². The van der Waals surface area contributed by atoms with Gasteiger partial charge in [-0.15, -0.1) is 5.10 Å². The number of carbonyl (C=O) groups is 1. The van der Waals surface area contributed by atoms with Gasteiger partial charge < -0.3 is 10.4 Å². The number of nitrogens with zero attached hydrogens (tertiary/aromatic N) is 3. The molecule has 1 aromatic carbocycles. The maximum Gasteiger partial charge on any atom is 0.241 e. The predicted octanol–water partition coefficient (Wildman–Crippen LogP) is 0.442. The van der Waals surface area contributed by atoms with Gasteiger partial charge in [-0.25, -0.2) is 4.68 Å². The SMILES string of the molecule is CC(O)CNC(=O)Cn1cc(-c2ccccc2)nn1. The minimum Gasteiger partial charge on any atom is -0.392 e. The maximum absolute atomic E-state index is 11.6. The molecule has 1 atom stereocenters. The van der Waals surface area contributed by atoms with Crippen LogP contribution in [0, 0.1) is 0 Å². The first-order chi connectivity index (χ1) is 9.15. The summed E-state index contributed by atoms with van der Waals surface area (Å²) in [6, 6.07) is 9.63. The molecule has 1 amide bonds. The van der Waals surface area contributed by atoms with Crippen molar-refractivity contribution in [1.82, 2.24) is 20.3 Å². The van der Waals surface area contributed by atoms with Crippen LogP contribution in [-0.2, 0) is 11.3 Å². The molecule has 0 aliphatic heterocycles. The number of aliphatic hydroxyl groups excluding tert-OH is 1. The van der Waals surface area contributed by atoms with E-state index in [1.807, 2.05) is 30.3 Å². The molecule has 100 valence electrons. The fraction of sp³-hybridized carbons (Fsp3) is 0.308. The lowest BCUT2D eigenvalue weighted by Crippen LogP contribution is -2.33. The number of hydrogen-bond donors (Lipinski definition) is 2. The van der Waals surface area contributed by atoms with Crippen LogP contribution >= 0.6 is 0 Å². The minimum absolute atomic E-state index is 0.0898. The molecule has 0 radical (unpaired) electrons. The Morgan fingerprint density at radius 3 is 2.84 bits per heavy atom. The van der Waals surface area contributed by atoms with E-state index in [0.29, 0.717) is 0 Å². The zero-order valence-electron chi connectivity index (χ0n) is 10.7. The van der Waals surface area contributed by atoms with Gasteiger partial charge in [0.25, 0.3) is 0 Å². The van der Waals surface area contributed by atoms with Gasteiger partial charge in [0.2, 0.25) is 5.91 Å². The Morgan fingerprint density at radius 2 is 2.16 bits per heavy atom. The molecule has 6 nitrogen and oxygen atoms in total. The van der Waals surface area contributed by atoms with Crippen LogP contribution in [0.15, 0.2) is 36.5 Å². The van der Waals surface area contributed by atoms with E-state index in [1.54, 1.807) is 13.1 Å². The number of amides is 1. The molecule has 1 heterocycles. The summed E-state index contributed by atoms with van der Waals surface area (Å²) in [7, 11) is 0. The predicted molar refractivity (Wildman–Crippen MR) is 70.1 cm³/mol. The molecule has 6 heteroatoms. The van der Waals surface area contributed by atoms with E-state index >= 15 is 0 Å². The third-order valence-electron chi connectivity index (χ3n) is 2.51. The Hall–Kier alpha value is -2.21. The van der Waals surface area contributed by atoms with Crippen LogP contribution in [0.3, 0.4) is 0 Å². The lowest BCUT2D eigenvalue weighted by Gasteiger charge is -2.06. The van der Waals surface area contributed by atoms with Gasteiger partial charge in [-0.1, -0.05) is 35.5 Å². The van der Waals surface area contributed by atoms with Crippen LogP contribution in [0.1, 0.15) is 6.92 Å². The van der Waals surface area contributed by atoms with Gasteiger partial charge >= 0.3 is 0 Å². The molecule has 2 rings (SSSR count). The summed E-state index contributed by atoms with van der Waals surface area (Å²) < 4.78 is 1.47. The Kier molecular flexibility index (Phi) is 4.25. The molecule has 0 spiro atoms. The number of carbonyl (C=O) groups excluding carboxylic acids is 1. The molecule has 0 fully saturated rings. The molecule has 0 aliphatic rings. The molecule has 1 unspecified atom stereocenters. The van der Waals surface area contributed by atoms with Gasteiger partial charge in [0, 0.05) is 12.1 Å². The molecule has 0 saturated heterocycles. The van der Waals surface area contributed by atoms with Crippen LogP contribution in [0.2, 0.25) is 0 Å². The number of aliphatic hydroxyl groups is 1. The second-order valence-corrected chi connectivity index (χ2v) is 4.32. The normalized spacial score (nSPS) is 12.1. The lowest BCUT2D eigenvalue weighted by molar-refractivity contribution is -0.122. The monoisotopic (exact) mass is 260 g/mol. The summed E-state index contributed by atoms with van der Waals surface area (Å²) in [5.41, 5.74) is 1.68. The van der Waals surface area contributed by atoms with Crippen molar-refractivity contribution in [1.29, 1.82) is 0 Å². The number of benzene rings is 1. The lowest BCUT2D eigenvalue weighted by atomic mass is 10.2. The average molecular weight is 260 g/mol. The van der Waals surface area contributed by atoms with Crippen molar-refractivity contribution in [3.63, 3.8) is 0 Å². The minimum atomic E-state index is -0.556. The van der Waals surface area contributed by atoms with Crippen molar-refractivity contribution >= 4 is 5.91 Å². The first kappa shape index (κ1) is 13.2. The first-order valence-electron chi connectivity index (χ1n) is 6.05. The van der Waals surface area contributed by atoms with Crippen molar-refractivity contribution in [2.45, 2.75) is 19.6 Å². The largest absolute Gasteiger partial charge is 0.392 e. The van der Waals surface area contributed by atoms with E-state index in [1.165, 1.54) is 4.68 Å². The van der Waals surface area contributed by atoms with Crippen molar-refractivity contribution in [2.24, 2.45) is 0 Å². The van der Waals surface area contributed by atoms with Crippen LogP contribution in [-0.4, -0.2) is 38.7 Å². The highest BCUT2D eigenvalue weighted by molar-refractivity contribution is 5.75. The van der Waals surface area contributed by atoms with Crippen molar-refractivity contribution in [3.8, 4) is 11.3 Å². The van der Waals surface area contributed by atoms with Gasteiger partial charge in [-0.2, -0.15) is 0 Å². The van der Waals surface area contributed by atoms with Crippen LogP contribution in [0.5, 0.6) is 0 Å². The van der Waals surface area contributed by atoms with Gasteiger partial charge in [0.1, 0.15) is 12.2 Å². The fourth-order valence-electron chi connectivity index (χ4n) is 1.58. The zero-order valence-corrected chi connectivity index (χ0v) is 10.7. The summed E-state index contributed by atoms with van der Waals surface area (Å²) in [5.74, 6) is -0.203. The smallest absolute Gasteiger partial charge is 0.241 e. The van der Waals surface area contributed by atoms with Crippen LogP contribution in [0.25, 0.3) is 11.3 Å². The highest BCUT2D eigenvalue weighted by atomic mass is 16.3. The van der Waals surface area contributed by atoms with Crippen molar-refractivity contribution in [3.05, 3.63) is 36.5 Å². The van der Waals surface area contributed by atoms with Crippen LogP contribution in [0.4, 0.5) is 0 Å². The standard InChI is InChI=1S/C13H16N4O2/c1-10(18)7-14-13(19)9-17-8-12(15-16-17)11-5-3-2-4-6-11/h2-6,8,10,18H,7,9H2,1H3,(H,14,19). The molecular formula is C13H16N4O2. The van der Waals surface area contributed by atoms with E-state index in [9.17, 15) is 4.79 Å². The molecule has 0 aliphatic carbocycles. The van der Waals surface area contributed by atoms with Gasteiger partial charge in [0.05, 0.1) is 12.3 Å². The molecule has 2 N–H and O–H groups in total. The average Bonchev–Trinajstić information content (AvgIpc) is 2.86. The summed E-state index contributed by atoms with van der Waals surface area (Å²) >= 11 is 0. The summed E-state index contributed by atoms with van der Waals surface area (Å²) in [4.78, 5) is 11.6. The topological polar surface area (TPSA) is 80.0 Å². The molecule has 2 aromatic rings. The third-order valence-corrected chi connectivity index (χ3v) is 2.51. The van der Waals surface area contributed by atoms with E-state index in [-0.39, 0.29) is 19.0 Å². The highest BCUT2D eigenvalue weighted by Crippen LogP contribution is 2.14. The van der Waals surface area contributed by atoms with E-state index in [4.69, 9.17) is 5.11 Å². The van der Waals surface area contributed by atoms with E-state index < -0.39 is 6.10 Å². The fourth-order valence-corrected chi connectivity index (χ4v) is 1.58. The quantitative estimate of drug-likeness (QED) is 0.817. The number of hydrogen-bond acceptors (Lipinski definition) is 4. The number of rotatable bonds is 5. The third kappa shape index (κ3) is 3.89. The summed E-state index contributed by atoms with van der Waals surface area (Å²) in [6.45, 7) is 1.94. The second-order valence-electron chi connectivity index (χ2n) is 4.32. The molecule has 0 saturated carbocycles. The summed E-state index contributed by atoms with van der Waals surface area (Å²) in [5, 5.41) is 19.6. The summed E-state index contributed by atoms with van der Waals surface area (Å²) in [6.07, 6.45) is 1.16. The first-order valence-corrected chi connectivity index (χ1v) is 6.05. The molecular weight excluding hydrogens is 244 g/mol. The van der Waals surface area contributed by atoms with Crippen LogP contribution < -0.4 is 5.32 Å². The highest BCUT2D eigenvalue weighted by Gasteiger charge is 2.07. The van der Waals surface area contributed by atoms with E-state index in [2.05, 4.69) is 15.6 Å². The Labute approximate surface area is 111 Å². The maximum atomic E-state index is 11.6. The number of nitrogens with one attached hydrogen (secondary N) is 1. The molecule has 0 bridgehead atoms. The Balaban J connectivity index is 1.96.